The lowest BCUT2D eigenvalue weighted by atomic mass is 10.1. The summed E-state index contributed by atoms with van der Waals surface area (Å²) in [4.78, 5) is 21.7. The standard InChI is InChI=1S/C20H23N3O2/c1-17(18-8-4-2-5-9-18)21-25-16-20(24)23-14-12-22(13-15-23)19-10-6-3-7-11-19/h2-11H,12-16H2,1H3/b21-17-. The molecular weight excluding hydrogens is 314 g/mol. The van der Waals surface area contributed by atoms with E-state index >= 15 is 0 Å². The zero-order valence-electron chi connectivity index (χ0n) is 14.5. The van der Waals surface area contributed by atoms with Gasteiger partial charge in [0, 0.05) is 31.9 Å². The smallest absolute Gasteiger partial charge is 0.263 e. The highest BCUT2D eigenvalue weighted by Gasteiger charge is 2.21. The zero-order chi connectivity index (χ0) is 17.5. The summed E-state index contributed by atoms with van der Waals surface area (Å²) >= 11 is 0. The van der Waals surface area contributed by atoms with Crippen molar-refractivity contribution in [1.29, 1.82) is 0 Å². The molecule has 1 aliphatic rings. The molecule has 1 fully saturated rings. The second-order valence-corrected chi connectivity index (χ2v) is 6.02. The van der Waals surface area contributed by atoms with Gasteiger partial charge in [-0.1, -0.05) is 53.7 Å². The molecule has 1 aliphatic heterocycles. The number of carbonyl (C=O) groups excluding carboxylic acids is 1. The predicted octanol–water partition coefficient (Wildman–Crippen LogP) is 2.78. The van der Waals surface area contributed by atoms with Crippen LogP contribution in [0.4, 0.5) is 5.69 Å². The number of para-hydroxylation sites is 1. The lowest BCUT2D eigenvalue weighted by Crippen LogP contribution is -2.49. The minimum Gasteiger partial charge on any atom is -0.385 e. The number of anilines is 1. The highest BCUT2D eigenvalue weighted by molar-refractivity contribution is 5.98. The summed E-state index contributed by atoms with van der Waals surface area (Å²) in [5.74, 6) is -0.0164. The number of hydrogen-bond acceptors (Lipinski definition) is 4. The molecule has 130 valence electrons. The summed E-state index contributed by atoms with van der Waals surface area (Å²) < 4.78 is 0. The maximum absolute atomic E-state index is 12.3. The lowest BCUT2D eigenvalue weighted by molar-refractivity contribution is -0.136. The summed E-state index contributed by atoms with van der Waals surface area (Å²) in [5, 5.41) is 4.05. The molecule has 2 aromatic rings. The van der Waals surface area contributed by atoms with E-state index in [0.717, 1.165) is 24.4 Å². The fraction of sp³-hybridized carbons (Fsp3) is 0.300. The van der Waals surface area contributed by atoms with Gasteiger partial charge in [0.25, 0.3) is 5.91 Å². The molecule has 2 aromatic carbocycles. The van der Waals surface area contributed by atoms with E-state index in [1.54, 1.807) is 0 Å². The van der Waals surface area contributed by atoms with Gasteiger partial charge < -0.3 is 14.6 Å². The molecule has 0 bridgehead atoms. The van der Waals surface area contributed by atoms with Gasteiger partial charge in [0.2, 0.25) is 0 Å². The monoisotopic (exact) mass is 337 g/mol. The van der Waals surface area contributed by atoms with Crippen LogP contribution < -0.4 is 4.90 Å². The molecule has 0 atom stereocenters. The van der Waals surface area contributed by atoms with Crippen LogP contribution in [0.2, 0.25) is 0 Å². The van der Waals surface area contributed by atoms with Crippen LogP contribution in [0.1, 0.15) is 12.5 Å². The minimum absolute atomic E-state index is 0.0164. The van der Waals surface area contributed by atoms with Crippen molar-refractivity contribution in [2.24, 2.45) is 5.16 Å². The van der Waals surface area contributed by atoms with Crippen molar-refractivity contribution in [3.63, 3.8) is 0 Å². The molecular formula is C20H23N3O2. The second-order valence-electron chi connectivity index (χ2n) is 6.02. The van der Waals surface area contributed by atoms with Crippen molar-refractivity contribution in [2.75, 3.05) is 37.7 Å². The van der Waals surface area contributed by atoms with Crippen molar-refractivity contribution in [2.45, 2.75) is 6.92 Å². The molecule has 3 rings (SSSR count). The van der Waals surface area contributed by atoms with Gasteiger partial charge >= 0.3 is 0 Å². The third kappa shape index (κ3) is 4.59. The van der Waals surface area contributed by atoms with Crippen LogP contribution >= 0.6 is 0 Å². The van der Waals surface area contributed by atoms with Crippen LogP contribution in [0.25, 0.3) is 0 Å². The maximum atomic E-state index is 12.3. The van der Waals surface area contributed by atoms with Crippen LogP contribution in [0.3, 0.4) is 0 Å². The van der Waals surface area contributed by atoms with Crippen molar-refractivity contribution >= 4 is 17.3 Å². The van der Waals surface area contributed by atoms with Gasteiger partial charge in [-0.2, -0.15) is 0 Å². The molecule has 5 heteroatoms. The highest BCUT2D eigenvalue weighted by atomic mass is 16.6. The molecule has 0 radical (unpaired) electrons. The SMILES string of the molecule is C/C(=N/OCC(=O)N1CCN(c2ccccc2)CC1)c1ccccc1. The Morgan fingerprint density at radius 3 is 2.20 bits per heavy atom. The Morgan fingerprint density at radius 2 is 1.56 bits per heavy atom. The Morgan fingerprint density at radius 1 is 0.960 bits per heavy atom. The van der Waals surface area contributed by atoms with Crippen LogP contribution in [-0.4, -0.2) is 49.3 Å². The first kappa shape index (κ1) is 17.0. The molecule has 1 heterocycles. The van der Waals surface area contributed by atoms with E-state index in [9.17, 15) is 4.79 Å². The van der Waals surface area contributed by atoms with E-state index in [1.807, 2.05) is 60.4 Å². The van der Waals surface area contributed by atoms with Gasteiger partial charge in [-0.3, -0.25) is 4.79 Å². The van der Waals surface area contributed by atoms with Crippen molar-refractivity contribution in [3.8, 4) is 0 Å². The van der Waals surface area contributed by atoms with Crippen LogP contribution in [0.15, 0.2) is 65.8 Å². The van der Waals surface area contributed by atoms with Gasteiger partial charge in [0.15, 0.2) is 6.61 Å². The fourth-order valence-electron chi connectivity index (χ4n) is 2.86. The summed E-state index contributed by atoms with van der Waals surface area (Å²) in [6, 6.07) is 20.1. The first-order valence-corrected chi connectivity index (χ1v) is 8.54. The Bertz CT molecular complexity index is 708. The number of benzene rings is 2. The average molecular weight is 337 g/mol. The molecule has 25 heavy (non-hydrogen) atoms. The molecule has 1 amide bonds. The molecule has 0 unspecified atom stereocenters. The normalized spacial score (nSPS) is 15.2. The number of carbonyl (C=O) groups is 1. The number of amides is 1. The number of hydrogen-bond donors (Lipinski definition) is 0. The minimum atomic E-state index is -0.0183. The van der Waals surface area contributed by atoms with Gasteiger partial charge in [0.1, 0.15) is 0 Å². The van der Waals surface area contributed by atoms with E-state index in [4.69, 9.17) is 4.84 Å². The number of oxime groups is 1. The topological polar surface area (TPSA) is 45.1 Å². The number of piperazine rings is 1. The van der Waals surface area contributed by atoms with Gasteiger partial charge in [-0.05, 0) is 24.6 Å². The predicted molar refractivity (Wildman–Crippen MR) is 99.8 cm³/mol. The van der Waals surface area contributed by atoms with E-state index < -0.39 is 0 Å². The van der Waals surface area contributed by atoms with Crippen molar-refractivity contribution in [1.82, 2.24) is 4.90 Å². The summed E-state index contributed by atoms with van der Waals surface area (Å²) in [5.41, 5.74) is 2.96. The van der Waals surface area contributed by atoms with Gasteiger partial charge in [0.05, 0.1) is 5.71 Å². The number of rotatable bonds is 5. The highest BCUT2D eigenvalue weighted by Crippen LogP contribution is 2.15. The lowest BCUT2D eigenvalue weighted by Gasteiger charge is -2.35. The summed E-state index contributed by atoms with van der Waals surface area (Å²) in [6.45, 7) is 4.94. The quantitative estimate of drug-likeness (QED) is 0.622. The Kier molecular flexibility index (Phi) is 5.67. The molecule has 0 saturated carbocycles. The van der Waals surface area contributed by atoms with Crippen LogP contribution in [0.5, 0.6) is 0 Å². The fourth-order valence-corrected chi connectivity index (χ4v) is 2.86. The summed E-state index contributed by atoms with van der Waals surface area (Å²) in [6.07, 6.45) is 0. The van der Waals surface area contributed by atoms with E-state index in [1.165, 1.54) is 5.69 Å². The second kappa shape index (κ2) is 8.33. The van der Waals surface area contributed by atoms with E-state index in [0.29, 0.717) is 13.1 Å². The average Bonchev–Trinajstić information content (AvgIpc) is 2.69. The molecule has 0 aliphatic carbocycles. The van der Waals surface area contributed by atoms with Crippen molar-refractivity contribution in [3.05, 3.63) is 66.2 Å². The molecule has 5 nitrogen and oxygen atoms in total. The van der Waals surface area contributed by atoms with E-state index in [-0.39, 0.29) is 12.5 Å². The van der Waals surface area contributed by atoms with Gasteiger partial charge in [-0.15, -0.1) is 0 Å². The molecule has 0 spiro atoms. The van der Waals surface area contributed by atoms with E-state index in [2.05, 4.69) is 22.2 Å². The van der Waals surface area contributed by atoms with Crippen molar-refractivity contribution < 1.29 is 9.63 Å². The summed E-state index contributed by atoms with van der Waals surface area (Å²) in [7, 11) is 0. The zero-order valence-corrected chi connectivity index (χ0v) is 14.5. The largest absolute Gasteiger partial charge is 0.385 e. The molecule has 1 saturated heterocycles. The number of nitrogens with zero attached hydrogens (tertiary/aromatic N) is 3. The maximum Gasteiger partial charge on any atom is 0.263 e. The van der Waals surface area contributed by atoms with Crippen LogP contribution in [-0.2, 0) is 9.63 Å². The first-order chi connectivity index (χ1) is 12.2. The Hall–Kier alpha value is -2.82. The Labute approximate surface area is 148 Å². The molecule has 0 aromatic heterocycles. The third-order valence-electron chi connectivity index (χ3n) is 4.33. The first-order valence-electron chi connectivity index (χ1n) is 8.54. The molecule has 0 N–H and O–H groups in total. The Balaban J connectivity index is 1.45. The van der Waals surface area contributed by atoms with Gasteiger partial charge in [-0.25, -0.2) is 0 Å². The van der Waals surface area contributed by atoms with Crippen LogP contribution in [0, 0.1) is 0 Å². The third-order valence-corrected chi connectivity index (χ3v) is 4.33.